The smallest absolute Gasteiger partial charge is 0.0587 e. The lowest BCUT2D eigenvalue weighted by Crippen LogP contribution is -2.20. The summed E-state index contributed by atoms with van der Waals surface area (Å²) in [5, 5.41) is 18.4. The first-order chi connectivity index (χ1) is 6.72. The van der Waals surface area contributed by atoms with Crippen molar-refractivity contribution in [3.63, 3.8) is 0 Å². The molecule has 2 nitrogen and oxygen atoms in total. The fourth-order valence-electron chi connectivity index (χ4n) is 1.54. The molecule has 0 amide bonds. The van der Waals surface area contributed by atoms with E-state index in [1.807, 2.05) is 6.92 Å². The molecule has 0 bridgehead atoms. The highest BCUT2D eigenvalue weighted by Crippen LogP contribution is 2.12. The predicted molar refractivity (Wildman–Crippen MR) is 60.2 cm³/mol. The maximum Gasteiger partial charge on any atom is 0.0587 e. The van der Waals surface area contributed by atoms with E-state index in [9.17, 15) is 5.11 Å². The Bertz CT molecular complexity index is 115. The van der Waals surface area contributed by atoms with Crippen molar-refractivity contribution < 1.29 is 10.2 Å². The van der Waals surface area contributed by atoms with Crippen molar-refractivity contribution >= 4 is 0 Å². The van der Waals surface area contributed by atoms with Gasteiger partial charge in [-0.1, -0.05) is 52.4 Å². The molecule has 0 aromatic heterocycles. The van der Waals surface area contributed by atoms with Crippen LogP contribution in [0.3, 0.4) is 0 Å². The molecule has 0 aliphatic rings. The molecule has 0 aliphatic heterocycles. The molecular formula is C12H26O2. The third-order valence-electron chi connectivity index (χ3n) is 2.80. The normalized spacial score (nSPS) is 15.4. The van der Waals surface area contributed by atoms with E-state index in [4.69, 9.17) is 5.11 Å². The van der Waals surface area contributed by atoms with E-state index in [0.29, 0.717) is 0 Å². The van der Waals surface area contributed by atoms with Crippen LogP contribution in [0.1, 0.15) is 58.8 Å². The minimum Gasteiger partial charge on any atom is -0.396 e. The Balaban J connectivity index is 3.18. The summed E-state index contributed by atoms with van der Waals surface area (Å²) in [6.45, 7) is 4.20. The Kier molecular flexibility index (Phi) is 9.42. The van der Waals surface area contributed by atoms with Gasteiger partial charge in [-0.2, -0.15) is 0 Å². The van der Waals surface area contributed by atoms with Gasteiger partial charge < -0.3 is 10.2 Å². The molecule has 2 unspecified atom stereocenters. The fourth-order valence-corrected chi connectivity index (χ4v) is 1.54. The fraction of sp³-hybridized carbons (Fsp3) is 1.00. The summed E-state index contributed by atoms with van der Waals surface area (Å²) in [6.07, 6.45) is 8.06. The molecule has 0 spiro atoms. The summed E-state index contributed by atoms with van der Waals surface area (Å²) < 4.78 is 0. The first-order valence-corrected chi connectivity index (χ1v) is 6.01. The summed E-state index contributed by atoms with van der Waals surface area (Å²) in [4.78, 5) is 0. The van der Waals surface area contributed by atoms with Crippen molar-refractivity contribution in [2.75, 3.05) is 6.61 Å². The lowest BCUT2D eigenvalue weighted by Gasteiger charge is -2.15. The van der Waals surface area contributed by atoms with Crippen LogP contribution in [0.2, 0.25) is 0 Å². The molecule has 0 rings (SSSR count). The van der Waals surface area contributed by atoms with E-state index in [1.165, 1.54) is 32.1 Å². The van der Waals surface area contributed by atoms with Gasteiger partial charge in [0.05, 0.1) is 6.10 Å². The van der Waals surface area contributed by atoms with Crippen molar-refractivity contribution in [3.05, 3.63) is 0 Å². The molecule has 0 heterocycles. The average molecular weight is 202 g/mol. The van der Waals surface area contributed by atoms with Gasteiger partial charge in [-0.25, -0.2) is 0 Å². The van der Waals surface area contributed by atoms with Gasteiger partial charge in [-0.05, 0) is 6.42 Å². The molecule has 0 saturated heterocycles. The molecule has 0 radical (unpaired) electrons. The van der Waals surface area contributed by atoms with Crippen molar-refractivity contribution in [1.29, 1.82) is 0 Å². The van der Waals surface area contributed by atoms with Crippen LogP contribution in [0.15, 0.2) is 0 Å². The molecule has 0 fully saturated rings. The number of unbranched alkanes of at least 4 members (excludes halogenated alkanes) is 5. The molecule has 0 aromatic rings. The van der Waals surface area contributed by atoms with E-state index in [0.717, 1.165) is 12.8 Å². The van der Waals surface area contributed by atoms with Crippen LogP contribution in [0.5, 0.6) is 0 Å². The topological polar surface area (TPSA) is 40.5 Å². The average Bonchev–Trinajstić information content (AvgIpc) is 2.21. The van der Waals surface area contributed by atoms with Crippen LogP contribution in [-0.2, 0) is 0 Å². The molecule has 0 saturated carbocycles. The lowest BCUT2D eigenvalue weighted by atomic mass is 9.99. The van der Waals surface area contributed by atoms with Gasteiger partial charge in [0.2, 0.25) is 0 Å². The molecule has 2 atom stereocenters. The maximum absolute atomic E-state index is 9.56. The van der Waals surface area contributed by atoms with E-state index in [-0.39, 0.29) is 18.6 Å². The van der Waals surface area contributed by atoms with Crippen LogP contribution in [0, 0.1) is 5.92 Å². The van der Waals surface area contributed by atoms with Crippen molar-refractivity contribution in [2.24, 2.45) is 5.92 Å². The minimum atomic E-state index is -0.314. The second-order valence-electron chi connectivity index (χ2n) is 4.28. The Morgan fingerprint density at radius 1 is 1.00 bits per heavy atom. The highest BCUT2D eigenvalue weighted by atomic mass is 16.3. The van der Waals surface area contributed by atoms with Crippen LogP contribution < -0.4 is 0 Å². The SMILES string of the molecule is CCCCCCCCC(O)C(C)CO. The van der Waals surface area contributed by atoms with Crippen LogP contribution >= 0.6 is 0 Å². The molecule has 2 N–H and O–H groups in total. The van der Waals surface area contributed by atoms with Gasteiger partial charge in [-0.3, -0.25) is 0 Å². The Labute approximate surface area is 88.3 Å². The number of aliphatic hydroxyl groups is 2. The molecule has 14 heavy (non-hydrogen) atoms. The monoisotopic (exact) mass is 202 g/mol. The summed E-state index contributed by atoms with van der Waals surface area (Å²) in [6, 6.07) is 0. The quantitative estimate of drug-likeness (QED) is 0.564. The van der Waals surface area contributed by atoms with Gasteiger partial charge in [0.1, 0.15) is 0 Å². The molecule has 0 aromatic carbocycles. The van der Waals surface area contributed by atoms with Gasteiger partial charge in [0, 0.05) is 12.5 Å². The number of aliphatic hydroxyl groups excluding tert-OH is 2. The van der Waals surface area contributed by atoms with Gasteiger partial charge in [0.15, 0.2) is 0 Å². The van der Waals surface area contributed by atoms with Gasteiger partial charge in [-0.15, -0.1) is 0 Å². The van der Waals surface area contributed by atoms with E-state index < -0.39 is 0 Å². The van der Waals surface area contributed by atoms with Crippen molar-refractivity contribution in [2.45, 2.75) is 64.9 Å². The Morgan fingerprint density at radius 3 is 2.14 bits per heavy atom. The largest absolute Gasteiger partial charge is 0.396 e. The summed E-state index contributed by atoms with van der Waals surface area (Å²) in [7, 11) is 0. The third-order valence-corrected chi connectivity index (χ3v) is 2.80. The molecule has 0 aliphatic carbocycles. The Morgan fingerprint density at radius 2 is 1.57 bits per heavy atom. The second kappa shape index (κ2) is 9.47. The number of hydrogen-bond acceptors (Lipinski definition) is 2. The van der Waals surface area contributed by atoms with Crippen molar-refractivity contribution in [3.8, 4) is 0 Å². The summed E-state index contributed by atoms with van der Waals surface area (Å²) in [5.41, 5.74) is 0. The maximum atomic E-state index is 9.56. The number of hydrogen-bond donors (Lipinski definition) is 2. The zero-order valence-corrected chi connectivity index (χ0v) is 9.71. The van der Waals surface area contributed by atoms with Crippen LogP contribution in [0.25, 0.3) is 0 Å². The number of rotatable bonds is 9. The lowest BCUT2D eigenvalue weighted by molar-refractivity contribution is 0.0685. The highest BCUT2D eigenvalue weighted by Gasteiger charge is 2.11. The van der Waals surface area contributed by atoms with Crippen LogP contribution in [-0.4, -0.2) is 22.9 Å². The Hall–Kier alpha value is -0.0800. The van der Waals surface area contributed by atoms with Crippen molar-refractivity contribution in [1.82, 2.24) is 0 Å². The second-order valence-corrected chi connectivity index (χ2v) is 4.28. The molecule has 86 valence electrons. The minimum absolute atomic E-state index is 0.0330. The summed E-state index contributed by atoms with van der Waals surface area (Å²) in [5.74, 6) is 0.0330. The standard InChI is InChI=1S/C12H26O2/c1-3-4-5-6-7-8-9-12(14)11(2)10-13/h11-14H,3-10H2,1-2H3. The third kappa shape index (κ3) is 7.34. The van der Waals surface area contributed by atoms with E-state index in [2.05, 4.69) is 6.92 Å². The first kappa shape index (κ1) is 13.9. The van der Waals surface area contributed by atoms with E-state index in [1.54, 1.807) is 0 Å². The van der Waals surface area contributed by atoms with E-state index >= 15 is 0 Å². The predicted octanol–water partition coefficient (Wildman–Crippen LogP) is 2.73. The zero-order valence-electron chi connectivity index (χ0n) is 9.71. The highest BCUT2D eigenvalue weighted by molar-refractivity contribution is 4.63. The van der Waals surface area contributed by atoms with Gasteiger partial charge >= 0.3 is 0 Å². The first-order valence-electron chi connectivity index (χ1n) is 6.01. The van der Waals surface area contributed by atoms with Gasteiger partial charge in [0.25, 0.3) is 0 Å². The molecular weight excluding hydrogens is 176 g/mol. The summed E-state index contributed by atoms with van der Waals surface area (Å²) >= 11 is 0. The molecule has 2 heteroatoms. The van der Waals surface area contributed by atoms with Crippen LogP contribution in [0.4, 0.5) is 0 Å². The zero-order chi connectivity index (χ0) is 10.8.